The molecule has 0 unspecified atom stereocenters. The minimum atomic E-state index is 0.549. The van der Waals surface area contributed by atoms with Gasteiger partial charge in [-0.3, -0.25) is 0 Å². The smallest absolute Gasteiger partial charge is 0.158 e. The van der Waals surface area contributed by atoms with Gasteiger partial charge in [-0.15, -0.1) is 0 Å². The number of imidazole rings is 1. The van der Waals surface area contributed by atoms with Gasteiger partial charge in [-0.25, -0.2) is 4.98 Å². The van der Waals surface area contributed by atoms with E-state index in [2.05, 4.69) is 11.1 Å². The normalized spacial score (nSPS) is 18.0. The van der Waals surface area contributed by atoms with Crippen molar-refractivity contribution >= 4 is 0 Å². The van der Waals surface area contributed by atoms with Gasteiger partial charge in [0.05, 0.1) is 0 Å². The molecule has 1 aliphatic rings. The van der Waals surface area contributed by atoms with Gasteiger partial charge in [-0.05, 0) is 12.8 Å². The van der Waals surface area contributed by atoms with Crippen molar-refractivity contribution < 1.29 is 0 Å². The van der Waals surface area contributed by atoms with Crippen molar-refractivity contribution in [3.05, 3.63) is 17.7 Å². The Hall–Kier alpha value is -1.30. The van der Waals surface area contributed by atoms with Crippen molar-refractivity contribution in [3.8, 4) is 6.07 Å². The molecule has 0 N–H and O–H groups in total. The predicted octanol–water partition coefficient (Wildman–Crippen LogP) is 2.34. The van der Waals surface area contributed by atoms with Crippen molar-refractivity contribution in [2.45, 2.75) is 38.0 Å². The fourth-order valence-corrected chi connectivity index (χ4v) is 2.27. The first-order chi connectivity index (χ1) is 6.81. The van der Waals surface area contributed by atoms with Crippen LogP contribution in [-0.4, -0.2) is 9.55 Å². The number of hydrogen-bond acceptors (Lipinski definition) is 2. The molecule has 1 aromatic rings. The maximum Gasteiger partial charge on any atom is 0.158 e. The number of hydrogen-bond donors (Lipinski definition) is 0. The van der Waals surface area contributed by atoms with Crippen molar-refractivity contribution in [1.82, 2.24) is 9.55 Å². The van der Waals surface area contributed by atoms with Gasteiger partial charge >= 0.3 is 0 Å². The molecular weight excluding hydrogens is 174 g/mol. The van der Waals surface area contributed by atoms with E-state index in [1.165, 1.54) is 32.1 Å². The van der Waals surface area contributed by atoms with Crippen molar-refractivity contribution in [2.75, 3.05) is 0 Å². The van der Waals surface area contributed by atoms with E-state index >= 15 is 0 Å². The van der Waals surface area contributed by atoms with Crippen LogP contribution in [0.15, 0.2) is 6.20 Å². The molecule has 1 fully saturated rings. The maximum atomic E-state index is 8.75. The van der Waals surface area contributed by atoms with Crippen LogP contribution in [0.5, 0.6) is 0 Å². The van der Waals surface area contributed by atoms with Gasteiger partial charge in [-0.1, -0.05) is 19.3 Å². The van der Waals surface area contributed by atoms with Crippen LogP contribution in [0.4, 0.5) is 0 Å². The Bertz CT molecular complexity index is 353. The average molecular weight is 189 g/mol. The molecule has 3 nitrogen and oxygen atoms in total. The van der Waals surface area contributed by atoms with E-state index in [0.29, 0.717) is 11.6 Å². The number of rotatable bonds is 1. The van der Waals surface area contributed by atoms with Crippen LogP contribution in [0.2, 0.25) is 0 Å². The Morgan fingerprint density at radius 2 is 2.14 bits per heavy atom. The van der Waals surface area contributed by atoms with Crippen LogP contribution in [0.25, 0.3) is 0 Å². The van der Waals surface area contributed by atoms with E-state index in [1.54, 1.807) is 0 Å². The van der Waals surface area contributed by atoms with Gasteiger partial charge in [0.15, 0.2) is 5.69 Å². The molecule has 0 saturated heterocycles. The van der Waals surface area contributed by atoms with Gasteiger partial charge < -0.3 is 4.57 Å². The molecule has 0 spiro atoms. The van der Waals surface area contributed by atoms with Gasteiger partial charge in [0.2, 0.25) is 0 Å². The van der Waals surface area contributed by atoms with Gasteiger partial charge in [0.25, 0.3) is 0 Å². The standard InChI is InChI=1S/C11H15N3/c1-14-8-10(7-12)13-11(14)9-5-3-2-4-6-9/h8-9H,2-6H2,1H3. The van der Waals surface area contributed by atoms with Gasteiger partial charge in [0, 0.05) is 19.2 Å². The maximum absolute atomic E-state index is 8.75. The first-order valence-electron chi connectivity index (χ1n) is 5.24. The molecule has 14 heavy (non-hydrogen) atoms. The minimum absolute atomic E-state index is 0.549. The first-order valence-corrected chi connectivity index (χ1v) is 5.24. The summed E-state index contributed by atoms with van der Waals surface area (Å²) in [6, 6.07) is 2.10. The summed E-state index contributed by atoms with van der Waals surface area (Å²) in [5, 5.41) is 8.75. The summed E-state index contributed by atoms with van der Waals surface area (Å²) in [7, 11) is 1.98. The number of aryl methyl sites for hydroxylation is 1. The molecule has 0 radical (unpaired) electrons. The second kappa shape index (κ2) is 3.83. The number of aromatic nitrogens is 2. The molecule has 2 rings (SSSR count). The molecule has 0 aromatic carbocycles. The van der Waals surface area contributed by atoms with E-state index in [-0.39, 0.29) is 0 Å². The monoisotopic (exact) mass is 189 g/mol. The largest absolute Gasteiger partial charge is 0.336 e. The highest BCUT2D eigenvalue weighted by Gasteiger charge is 2.19. The summed E-state index contributed by atoms with van der Waals surface area (Å²) in [5.41, 5.74) is 0.549. The minimum Gasteiger partial charge on any atom is -0.336 e. The SMILES string of the molecule is Cn1cc(C#N)nc1C1CCCCC1. The second-order valence-corrected chi connectivity index (χ2v) is 4.04. The summed E-state index contributed by atoms with van der Waals surface area (Å²) >= 11 is 0. The van der Waals surface area contributed by atoms with Crippen LogP contribution in [-0.2, 0) is 7.05 Å². The van der Waals surface area contributed by atoms with Crippen LogP contribution in [0, 0.1) is 11.3 Å². The topological polar surface area (TPSA) is 41.6 Å². The highest BCUT2D eigenvalue weighted by Crippen LogP contribution is 2.31. The fourth-order valence-electron chi connectivity index (χ4n) is 2.27. The van der Waals surface area contributed by atoms with Crippen molar-refractivity contribution in [2.24, 2.45) is 7.05 Å². The zero-order chi connectivity index (χ0) is 9.97. The lowest BCUT2D eigenvalue weighted by Gasteiger charge is -2.20. The highest BCUT2D eigenvalue weighted by atomic mass is 15.1. The lowest BCUT2D eigenvalue weighted by molar-refractivity contribution is 0.421. The predicted molar refractivity (Wildman–Crippen MR) is 53.7 cm³/mol. The van der Waals surface area contributed by atoms with Crippen molar-refractivity contribution in [3.63, 3.8) is 0 Å². The Morgan fingerprint density at radius 1 is 1.43 bits per heavy atom. The Morgan fingerprint density at radius 3 is 2.71 bits per heavy atom. The summed E-state index contributed by atoms with van der Waals surface area (Å²) < 4.78 is 2.01. The molecule has 1 aromatic heterocycles. The molecular formula is C11H15N3. The molecule has 1 aliphatic carbocycles. The lowest BCUT2D eigenvalue weighted by atomic mass is 9.89. The molecule has 0 amide bonds. The Balaban J connectivity index is 2.22. The third-order valence-electron chi connectivity index (χ3n) is 3.00. The van der Waals surface area contributed by atoms with E-state index in [0.717, 1.165) is 5.82 Å². The van der Waals surface area contributed by atoms with Crippen LogP contribution >= 0.6 is 0 Å². The van der Waals surface area contributed by atoms with Crippen LogP contribution in [0.1, 0.15) is 49.5 Å². The zero-order valence-corrected chi connectivity index (χ0v) is 8.53. The molecule has 0 bridgehead atoms. The summed E-state index contributed by atoms with van der Waals surface area (Å²) in [6.07, 6.45) is 8.25. The second-order valence-electron chi connectivity index (χ2n) is 4.04. The zero-order valence-electron chi connectivity index (χ0n) is 8.53. The first kappa shape index (κ1) is 9.26. The van der Waals surface area contributed by atoms with Crippen LogP contribution < -0.4 is 0 Å². The lowest BCUT2D eigenvalue weighted by Crippen LogP contribution is -2.09. The molecule has 1 heterocycles. The van der Waals surface area contributed by atoms with Crippen LogP contribution in [0.3, 0.4) is 0 Å². The number of nitriles is 1. The fraction of sp³-hybridized carbons (Fsp3) is 0.636. The summed E-state index contributed by atoms with van der Waals surface area (Å²) in [5.74, 6) is 1.68. The van der Waals surface area contributed by atoms with E-state index < -0.39 is 0 Å². The quantitative estimate of drug-likeness (QED) is 0.680. The third kappa shape index (κ3) is 1.65. The van der Waals surface area contributed by atoms with Gasteiger partial charge in [0.1, 0.15) is 11.9 Å². The molecule has 3 heteroatoms. The summed E-state index contributed by atoms with van der Waals surface area (Å²) in [4.78, 5) is 4.35. The number of nitrogens with zero attached hydrogens (tertiary/aromatic N) is 3. The van der Waals surface area contributed by atoms with Crippen molar-refractivity contribution in [1.29, 1.82) is 5.26 Å². The van der Waals surface area contributed by atoms with Gasteiger partial charge in [-0.2, -0.15) is 5.26 Å². The highest BCUT2D eigenvalue weighted by molar-refractivity contribution is 5.20. The summed E-state index contributed by atoms with van der Waals surface area (Å²) in [6.45, 7) is 0. The Labute approximate surface area is 84.4 Å². The third-order valence-corrected chi connectivity index (χ3v) is 3.00. The Kier molecular flexibility index (Phi) is 2.53. The van der Waals surface area contributed by atoms with E-state index in [1.807, 2.05) is 17.8 Å². The average Bonchev–Trinajstić information content (AvgIpc) is 2.61. The molecule has 0 atom stereocenters. The van der Waals surface area contributed by atoms with E-state index in [9.17, 15) is 0 Å². The van der Waals surface area contributed by atoms with E-state index in [4.69, 9.17) is 5.26 Å². The molecule has 0 aliphatic heterocycles. The molecule has 74 valence electrons. The molecule has 1 saturated carbocycles.